The summed E-state index contributed by atoms with van der Waals surface area (Å²) in [5.74, 6) is -0.910. The number of likely N-dealkylation sites (tertiary alicyclic amines) is 1. The fraction of sp³-hybridized carbons (Fsp3) is 0.833. The van der Waals surface area contributed by atoms with Crippen molar-refractivity contribution in [1.82, 2.24) is 4.90 Å². The van der Waals surface area contributed by atoms with Crippen LogP contribution in [0.5, 0.6) is 0 Å². The lowest BCUT2D eigenvalue weighted by atomic mass is 9.61. The Labute approximate surface area is 137 Å². The molecule has 5 heteroatoms. The molecule has 0 N–H and O–H groups in total. The van der Waals surface area contributed by atoms with E-state index in [-0.39, 0.29) is 40.9 Å². The molecule has 0 spiro atoms. The molecule has 3 aliphatic rings. The van der Waals surface area contributed by atoms with Gasteiger partial charge in [-0.05, 0) is 41.9 Å². The molecule has 1 saturated heterocycles. The molecule has 1 aliphatic heterocycles. The van der Waals surface area contributed by atoms with E-state index in [0.29, 0.717) is 5.92 Å². The summed E-state index contributed by atoms with van der Waals surface area (Å²) in [5, 5.41) is 0. The van der Waals surface area contributed by atoms with Crippen LogP contribution in [0.2, 0.25) is 0 Å². The maximum absolute atomic E-state index is 12.8. The smallest absolute Gasteiger partial charge is 0.306 e. The van der Waals surface area contributed by atoms with E-state index in [1.165, 1.54) is 25.5 Å². The summed E-state index contributed by atoms with van der Waals surface area (Å²) in [6, 6.07) is 0. The van der Waals surface area contributed by atoms with Gasteiger partial charge in [0.2, 0.25) is 11.8 Å². The van der Waals surface area contributed by atoms with Gasteiger partial charge in [0, 0.05) is 7.05 Å². The molecule has 2 bridgehead atoms. The maximum Gasteiger partial charge on any atom is 0.306 e. The van der Waals surface area contributed by atoms with E-state index >= 15 is 0 Å². The zero-order valence-electron chi connectivity index (χ0n) is 14.7. The highest BCUT2D eigenvalue weighted by Crippen LogP contribution is 2.70. The second-order valence-electron chi connectivity index (χ2n) is 8.36. The second kappa shape index (κ2) is 5.05. The van der Waals surface area contributed by atoms with Gasteiger partial charge in [-0.3, -0.25) is 19.3 Å². The highest BCUT2D eigenvalue weighted by molar-refractivity contribution is 6.06. The number of methoxy groups -OCH3 is 1. The van der Waals surface area contributed by atoms with Crippen LogP contribution < -0.4 is 0 Å². The van der Waals surface area contributed by atoms with Gasteiger partial charge in [0.25, 0.3) is 0 Å². The van der Waals surface area contributed by atoms with Crippen molar-refractivity contribution in [2.45, 2.75) is 46.5 Å². The van der Waals surface area contributed by atoms with E-state index in [0.717, 1.165) is 12.8 Å². The number of imide groups is 1. The number of ether oxygens (including phenoxy) is 1. The summed E-state index contributed by atoms with van der Waals surface area (Å²) in [7, 11) is 2.86. The fourth-order valence-electron chi connectivity index (χ4n) is 5.65. The molecule has 3 rings (SSSR count). The topological polar surface area (TPSA) is 63.7 Å². The number of hydrogen-bond acceptors (Lipinski definition) is 4. The molecule has 5 nitrogen and oxygen atoms in total. The Morgan fingerprint density at radius 1 is 1.26 bits per heavy atom. The van der Waals surface area contributed by atoms with Crippen LogP contribution in [0.1, 0.15) is 46.5 Å². The Morgan fingerprint density at radius 2 is 1.91 bits per heavy atom. The quantitative estimate of drug-likeness (QED) is 0.591. The van der Waals surface area contributed by atoms with Gasteiger partial charge < -0.3 is 4.74 Å². The summed E-state index contributed by atoms with van der Waals surface area (Å²) in [4.78, 5) is 38.2. The van der Waals surface area contributed by atoms with E-state index in [2.05, 4.69) is 20.8 Å². The molecule has 2 amide bonds. The van der Waals surface area contributed by atoms with Gasteiger partial charge in [0.05, 0.1) is 25.4 Å². The first-order chi connectivity index (χ1) is 10.6. The molecule has 0 radical (unpaired) electrons. The highest BCUT2D eigenvalue weighted by Gasteiger charge is 2.66. The zero-order valence-corrected chi connectivity index (χ0v) is 14.7. The van der Waals surface area contributed by atoms with Crippen molar-refractivity contribution >= 4 is 17.8 Å². The van der Waals surface area contributed by atoms with Crippen LogP contribution in [-0.2, 0) is 19.1 Å². The van der Waals surface area contributed by atoms with E-state index in [9.17, 15) is 14.4 Å². The molecule has 0 aromatic carbocycles. The first-order valence-electron chi connectivity index (χ1n) is 8.53. The Hall–Kier alpha value is -1.39. The minimum absolute atomic E-state index is 0.00769. The number of nitrogens with zero attached hydrogens (tertiary/aromatic N) is 1. The molecular weight excluding hydrogens is 294 g/mol. The van der Waals surface area contributed by atoms with Crippen molar-refractivity contribution in [3.8, 4) is 0 Å². The summed E-state index contributed by atoms with van der Waals surface area (Å²) in [5.41, 5.74) is 0.232. The van der Waals surface area contributed by atoms with Crippen molar-refractivity contribution in [2.24, 2.45) is 34.5 Å². The van der Waals surface area contributed by atoms with Gasteiger partial charge in [-0.1, -0.05) is 20.8 Å². The van der Waals surface area contributed by atoms with Crippen molar-refractivity contribution in [2.75, 3.05) is 14.2 Å². The molecule has 2 saturated carbocycles. The molecule has 1 heterocycles. The van der Waals surface area contributed by atoms with Gasteiger partial charge >= 0.3 is 5.97 Å². The Kier molecular flexibility index (Phi) is 3.62. The molecule has 5 atom stereocenters. The van der Waals surface area contributed by atoms with Crippen molar-refractivity contribution in [1.29, 1.82) is 0 Å². The predicted molar refractivity (Wildman–Crippen MR) is 84.1 cm³/mol. The predicted octanol–water partition coefficient (Wildman–Crippen LogP) is 2.24. The SMILES string of the molecule is COC(=O)C[C@H]1C(=O)N(C)C(=O)[C@H]1[C@@H]1C[C@@H]2CC[C@@]1(C)C2(C)C. The number of amides is 2. The van der Waals surface area contributed by atoms with Crippen molar-refractivity contribution < 1.29 is 19.1 Å². The van der Waals surface area contributed by atoms with Crippen LogP contribution in [-0.4, -0.2) is 36.8 Å². The largest absolute Gasteiger partial charge is 0.469 e. The molecular formula is C18H27NO4. The number of carbonyl (C=O) groups excluding carboxylic acids is 3. The maximum atomic E-state index is 12.8. The highest BCUT2D eigenvalue weighted by atomic mass is 16.5. The van der Waals surface area contributed by atoms with Crippen LogP contribution in [0.3, 0.4) is 0 Å². The van der Waals surface area contributed by atoms with E-state index in [4.69, 9.17) is 4.74 Å². The van der Waals surface area contributed by atoms with Crippen LogP contribution in [0, 0.1) is 34.5 Å². The third-order valence-corrected chi connectivity index (χ3v) is 7.61. The van der Waals surface area contributed by atoms with E-state index in [1.807, 2.05) is 0 Å². The minimum atomic E-state index is -0.558. The van der Waals surface area contributed by atoms with Gasteiger partial charge in [-0.15, -0.1) is 0 Å². The number of hydrogen-bond donors (Lipinski definition) is 0. The molecule has 3 fully saturated rings. The third-order valence-electron chi connectivity index (χ3n) is 7.61. The van der Waals surface area contributed by atoms with Gasteiger partial charge in [-0.25, -0.2) is 0 Å². The van der Waals surface area contributed by atoms with Crippen LogP contribution >= 0.6 is 0 Å². The molecule has 128 valence electrons. The average molecular weight is 321 g/mol. The van der Waals surface area contributed by atoms with Crippen molar-refractivity contribution in [3.63, 3.8) is 0 Å². The number of carbonyl (C=O) groups is 3. The lowest BCUT2D eigenvalue weighted by Gasteiger charge is -2.42. The summed E-state index contributed by atoms with van der Waals surface area (Å²) >= 11 is 0. The van der Waals surface area contributed by atoms with E-state index < -0.39 is 11.9 Å². The van der Waals surface area contributed by atoms with Gasteiger partial charge in [0.15, 0.2) is 0 Å². The third kappa shape index (κ3) is 2.01. The van der Waals surface area contributed by atoms with Crippen LogP contribution in [0.25, 0.3) is 0 Å². The number of rotatable bonds is 3. The Bertz CT molecular complexity index is 569. The standard InChI is InChI=1S/C18H27NO4/c1-17(2)10-6-7-18(17,3)12(8-10)14-11(9-13(20)23-5)15(21)19(4)16(14)22/h10-12,14H,6-9H2,1-5H3/t10-,11+,12-,14+,18+/m0/s1. The lowest BCUT2D eigenvalue weighted by molar-refractivity contribution is -0.145. The normalized spacial score (nSPS) is 41.7. The average Bonchev–Trinajstić information content (AvgIpc) is 2.94. The lowest BCUT2D eigenvalue weighted by Crippen LogP contribution is -2.40. The fourth-order valence-corrected chi connectivity index (χ4v) is 5.65. The Balaban J connectivity index is 1.95. The van der Waals surface area contributed by atoms with Crippen LogP contribution in [0.15, 0.2) is 0 Å². The number of esters is 1. The van der Waals surface area contributed by atoms with Crippen LogP contribution in [0.4, 0.5) is 0 Å². The Morgan fingerprint density at radius 3 is 2.39 bits per heavy atom. The minimum Gasteiger partial charge on any atom is -0.469 e. The molecule has 0 aromatic heterocycles. The molecule has 0 unspecified atom stereocenters. The first-order valence-corrected chi connectivity index (χ1v) is 8.53. The summed E-state index contributed by atoms with van der Waals surface area (Å²) < 4.78 is 4.75. The molecule has 23 heavy (non-hydrogen) atoms. The summed E-state index contributed by atoms with van der Waals surface area (Å²) in [6.45, 7) is 6.87. The van der Waals surface area contributed by atoms with Gasteiger partial charge in [0.1, 0.15) is 0 Å². The second-order valence-corrected chi connectivity index (χ2v) is 8.36. The monoisotopic (exact) mass is 321 g/mol. The molecule has 0 aromatic rings. The van der Waals surface area contributed by atoms with Crippen molar-refractivity contribution in [3.05, 3.63) is 0 Å². The number of fused-ring (bicyclic) bond motifs is 2. The summed E-state index contributed by atoms with van der Waals surface area (Å²) in [6.07, 6.45) is 3.29. The van der Waals surface area contributed by atoms with E-state index in [1.54, 1.807) is 0 Å². The first kappa shape index (κ1) is 16.5. The zero-order chi connectivity index (χ0) is 17.2. The van der Waals surface area contributed by atoms with Gasteiger partial charge in [-0.2, -0.15) is 0 Å². The molecule has 2 aliphatic carbocycles.